The molecule has 0 saturated carbocycles. The minimum atomic E-state index is -0.108. The largest absolute Gasteiger partial charge is 0.385 e. The van der Waals surface area contributed by atoms with E-state index >= 15 is 0 Å². The highest BCUT2D eigenvalue weighted by Gasteiger charge is 2.44. The second-order valence-corrected chi connectivity index (χ2v) is 7.10. The highest BCUT2D eigenvalue weighted by atomic mass is 32.1. The van der Waals surface area contributed by atoms with E-state index in [1.54, 1.807) is 7.11 Å². The molecule has 2 aliphatic heterocycles. The first kappa shape index (κ1) is 15.0. The first-order valence-electron chi connectivity index (χ1n) is 7.68. The minimum absolute atomic E-state index is 0.108. The van der Waals surface area contributed by atoms with Crippen LogP contribution >= 0.6 is 11.3 Å². The van der Waals surface area contributed by atoms with E-state index in [2.05, 4.69) is 0 Å². The molecule has 1 amide bonds. The van der Waals surface area contributed by atoms with Crippen LogP contribution in [0.15, 0.2) is 17.5 Å². The lowest BCUT2D eigenvalue weighted by Crippen LogP contribution is -2.50. The van der Waals surface area contributed by atoms with Gasteiger partial charge in [-0.25, -0.2) is 0 Å². The molecular weight excluding hydrogens is 286 g/mol. The Bertz CT molecular complexity index is 476. The van der Waals surface area contributed by atoms with Crippen LogP contribution in [0.1, 0.15) is 35.4 Å². The van der Waals surface area contributed by atoms with Gasteiger partial charge in [0, 0.05) is 20.3 Å². The zero-order valence-corrected chi connectivity index (χ0v) is 13.4. The Morgan fingerprint density at radius 2 is 2.52 bits per heavy atom. The molecule has 2 fully saturated rings. The molecule has 0 bridgehead atoms. The van der Waals surface area contributed by atoms with Crippen molar-refractivity contribution in [1.82, 2.24) is 4.90 Å². The molecule has 3 rings (SSSR count). The van der Waals surface area contributed by atoms with Gasteiger partial charge in [0.1, 0.15) is 0 Å². The normalized spacial score (nSPS) is 29.2. The fraction of sp³-hybridized carbons (Fsp3) is 0.688. The number of carbonyl (C=O) groups excluding carboxylic acids is 1. The van der Waals surface area contributed by atoms with E-state index in [4.69, 9.17) is 9.47 Å². The first-order chi connectivity index (χ1) is 10.2. The number of hydrogen-bond acceptors (Lipinski definition) is 4. The summed E-state index contributed by atoms with van der Waals surface area (Å²) < 4.78 is 11.3. The summed E-state index contributed by atoms with van der Waals surface area (Å²) >= 11 is 1.52. The van der Waals surface area contributed by atoms with Crippen molar-refractivity contribution in [3.8, 4) is 0 Å². The molecule has 0 unspecified atom stereocenters. The van der Waals surface area contributed by atoms with E-state index in [0.717, 1.165) is 56.9 Å². The van der Waals surface area contributed by atoms with Gasteiger partial charge in [-0.2, -0.15) is 0 Å². The molecule has 1 aromatic heterocycles. The number of likely N-dealkylation sites (tertiary alicyclic amines) is 1. The molecule has 2 atom stereocenters. The molecule has 2 aliphatic rings. The van der Waals surface area contributed by atoms with Crippen LogP contribution in [-0.4, -0.2) is 49.8 Å². The van der Waals surface area contributed by atoms with Crippen molar-refractivity contribution >= 4 is 17.2 Å². The van der Waals surface area contributed by atoms with E-state index in [1.165, 1.54) is 11.3 Å². The van der Waals surface area contributed by atoms with Crippen molar-refractivity contribution in [2.75, 3.05) is 33.4 Å². The highest BCUT2D eigenvalue weighted by molar-refractivity contribution is 7.12. The Morgan fingerprint density at radius 1 is 1.62 bits per heavy atom. The molecule has 2 saturated heterocycles. The summed E-state index contributed by atoms with van der Waals surface area (Å²) in [7, 11) is 1.74. The standard InChI is InChI=1S/C16H23NO3S/c1-19-8-5-13-10-16(20-11-13)6-3-7-17(12-16)15(18)14-4-2-9-21-14/h2,4,9,13H,3,5-8,10-12H2,1H3/t13-,16-/m1/s1. The number of amides is 1. The molecule has 0 radical (unpaired) electrons. The molecule has 1 aromatic rings. The van der Waals surface area contributed by atoms with Crippen LogP contribution < -0.4 is 0 Å². The third-order valence-electron chi connectivity index (χ3n) is 4.57. The SMILES string of the molecule is COCC[C@H]1CO[C@]2(CCCN(C(=O)c3cccs3)C2)C1. The van der Waals surface area contributed by atoms with Gasteiger partial charge in [0.25, 0.3) is 5.91 Å². The topological polar surface area (TPSA) is 38.8 Å². The van der Waals surface area contributed by atoms with Crippen molar-refractivity contribution in [2.45, 2.75) is 31.3 Å². The quantitative estimate of drug-likeness (QED) is 0.858. The van der Waals surface area contributed by atoms with Gasteiger partial charge in [0.15, 0.2) is 0 Å². The molecule has 5 heteroatoms. The maximum Gasteiger partial charge on any atom is 0.264 e. The fourth-order valence-corrected chi connectivity index (χ4v) is 4.21. The summed E-state index contributed by atoms with van der Waals surface area (Å²) in [5, 5.41) is 1.96. The van der Waals surface area contributed by atoms with Crippen molar-refractivity contribution < 1.29 is 14.3 Å². The van der Waals surface area contributed by atoms with Crippen LogP contribution in [0, 0.1) is 5.92 Å². The van der Waals surface area contributed by atoms with Crippen LogP contribution in [0.4, 0.5) is 0 Å². The molecule has 0 aromatic carbocycles. The van der Waals surface area contributed by atoms with Crippen LogP contribution in [0.5, 0.6) is 0 Å². The molecule has 0 aliphatic carbocycles. The van der Waals surface area contributed by atoms with Crippen molar-refractivity contribution in [3.05, 3.63) is 22.4 Å². The van der Waals surface area contributed by atoms with Crippen LogP contribution in [0.2, 0.25) is 0 Å². The summed E-state index contributed by atoms with van der Waals surface area (Å²) in [6, 6.07) is 3.84. The zero-order chi connectivity index (χ0) is 14.7. The smallest absolute Gasteiger partial charge is 0.264 e. The van der Waals surface area contributed by atoms with Gasteiger partial charge in [0.2, 0.25) is 0 Å². The number of carbonyl (C=O) groups is 1. The highest BCUT2D eigenvalue weighted by Crippen LogP contribution is 2.39. The second-order valence-electron chi connectivity index (χ2n) is 6.15. The summed E-state index contributed by atoms with van der Waals surface area (Å²) in [6.07, 6.45) is 4.22. The Kier molecular flexibility index (Phi) is 4.62. The van der Waals surface area contributed by atoms with Gasteiger partial charge in [-0.3, -0.25) is 4.79 Å². The van der Waals surface area contributed by atoms with Gasteiger partial charge in [-0.05, 0) is 43.0 Å². The van der Waals surface area contributed by atoms with Crippen molar-refractivity contribution in [2.24, 2.45) is 5.92 Å². The molecule has 3 heterocycles. The van der Waals surface area contributed by atoms with E-state index in [0.29, 0.717) is 5.92 Å². The maximum absolute atomic E-state index is 12.5. The molecule has 4 nitrogen and oxygen atoms in total. The Morgan fingerprint density at radius 3 is 3.29 bits per heavy atom. The Hall–Kier alpha value is -0.910. The Balaban J connectivity index is 1.62. The second kappa shape index (κ2) is 6.46. The third kappa shape index (κ3) is 3.30. The molecule has 21 heavy (non-hydrogen) atoms. The van der Waals surface area contributed by atoms with E-state index in [1.807, 2.05) is 22.4 Å². The lowest BCUT2D eigenvalue weighted by Gasteiger charge is -2.39. The fourth-order valence-electron chi connectivity index (χ4n) is 3.52. The number of nitrogens with zero attached hydrogens (tertiary/aromatic N) is 1. The minimum Gasteiger partial charge on any atom is -0.385 e. The summed E-state index contributed by atoms with van der Waals surface area (Å²) in [4.78, 5) is 15.3. The van der Waals surface area contributed by atoms with Crippen molar-refractivity contribution in [3.63, 3.8) is 0 Å². The van der Waals surface area contributed by atoms with Gasteiger partial charge >= 0.3 is 0 Å². The predicted octanol–water partition coefficient (Wildman–Crippen LogP) is 2.80. The number of methoxy groups -OCH3 is 1. The number of hydrogen-bond donors (Lipinski definition) is 0. The van der Waals surface area contributed by atoms with Gasteiger partial charge < -0.3 is 14.4 Å². The lowest BCUT2D eigenvalue weighted by atomic mass is 9.85. The molecule has 116 valence electrons. The van der Waals surface area contributed by atoms with Gasteiger partial charge in [0.05, 0.1) is 23.6 Å². The number of piperidine rings is 1. The maximum atomic E-state index is 12.5. The predicted molar refractivity (Wildman–Crippen MR) is 82.7 cm³/mol. The first-order valence-corrected chi connectivity index (χ1v) is 8.56. The average Bonchev–Trinajstić information content (AvgIpc) is 3.15. The monoisotopic (exact) mass is 309 g/mol. The lowest BCUT2D eigenvalue weighted by molar-refractivity contribution is -0.0449. The summed E-state index contributed by atoms with van der Waals surface area (Å²) in [6.45, 7) is 3.20. The average molecular weight is 309 g/mol. The van der Waals surface area contributed by atoms with Crippen LogP contribution in [0.3, 0.4) is 0 Å². The summed E-state index contributed by atoms with van der Waals surface area (Å²) in [5.41, 5.74) is -0.108. The van der Waals surface area contributed by atoms with E-state index in [-0.39, 0.29) is 11.5 Å². The van der Waals surface area contributed by atoms with E-state index in [9.17, 15) is 4.79 Å². The number of rotatable bonds is 4. The van der Waals surface area contributed by atoms with E-state index < -0.39 is 0 Å². The number of ether oxygens (including phenoxy) is 2. The van der Waals surface area contributed by atoms with Crippen LogP contribution in [-0.2, 0) is 9.47 Å². The third-order valence-corrected chi connectivity index (χ3v) is 5.43. The van der Waals surface area contributed by atoms with Gasteiger partial charge in [-0.1, -0.05) is 6.07 Å². The van der Waals surface area contributed by atoms with Crippen LogP contribution in [0.25, 0.3) is 0 Å². The zero-order valence-electron chi connectivity index (χ0n) is 12.5. The number of thiophene rings is 1. The molecule has 0 N–H and O–H groups in total. The Labute approximate surface area is 130 Å². The summed E-state index contributed by atoms with van der Waals surface area (Å²) in [5.74, 6) is 0.731. The molecular formula is C16H23NO3S. The van der Waals surface area contributed by atoms with Gasteiger partial charge in [-0.15, -0.1) is 11.3 Å². The van der Waals surface area contributed by atoms with Crippen molar-refractivity contribution in [1.29, 1.82) is 0 Å². The molecule has 1 spiro atoms.